The van der Waals surface area contributed by atoms with Gasteiger partial charge in [0.1, 0.15) is 51.7 Å². The standard InChI is InChI=1S/C32H32ClFN4O4S/c1-38(2)28(13-14-43(3,39)40)31-12-11-29(42-31)23-8-9-27-25(17-23)32(37-20-36-27)35-18-21-7-10-30(26(33)16-21)41-19-22-5-4-6-24(34)15-22/h4-12,15-17,20,28H,13-14,18-19H2,1-3H3,(H,35,36,37). The van der Waals surface area contributed by atoms with Crippen molar-refractivity contribution in [3.63, 3.8) is 0 Å². The maximum absolute atomic E-state index is 13.5. The normalized spacial score (nSPS) is 12.5. The van der Waals surface area contributed by atoms with Gasteiger partial charge < -0.3 is 14.5 Å². The number of halogens is 2. The lowest BCUT2D eigenvalue weighted by Gasteiger charge is -2.21. The van der Waals surface area contributed by atoms with Gasteiger partial charge in [-0.15, -0.1) is 0 Å². The van der Waals surface area contributed by atoms with Gasteiger partial charge in [-0.3, -0.25) is 4.90 Å². The van der Waals surface area contributed by atoms with Gasteiger partial charge in [-0.1, -0.05) is 29.8 Å². The van der Waals surface area contributed by atoms with Gasteiger partial charge in [0.15, 0.2) is 0 Å². The third kappa shape index (κ3) is 7.90. The molecular weight excluding hydrogens is 591 g/mol. The highest BCUT2D eigenvalue weighted by Gasteiger charge is 2.21. The molecule has 1 unspecified atom stereocenters. The zero-order valence-corrected chi connectivity index (χ0v) is 25.6. The average Bonchev–Trinajstić information content (AvgIpc) is 3.44. The molecule has 0 spiro atoms. The molecule has 0 amide bonds. The summed E-state index contributed by atoms with van der Waals surface area (Å²) in [5.41, 5.74) is 3.25. The van der Waals surface area contributed by atoms with Crippen LogP contribution in [0.25, 0.3) is 22.2 Å². The van der Waals surface area contributed by atoms with E-state index in [1.54, 1.807) is 18.2 Å². The van der Waals surface area contributed by atoms with Gasteiger partial charge in [0.25, 0.3) is 0 Å². The van der Waals surface area contributed by atoms with Crippen molar-refractivity contribution in [3.8, 4) is 17.1 Å². The van der Waals surface area contributed by atoms with E-state index in [2.05, 4.69) is 15.3 Å². The van der Waals surface area contributed by atoms with Crippen molar-refractivity contribution < 1.29 is 22.0 Å². The molecule has 224 valence electrons. The smallest absolute Gasteiger partial charge is 0.147 e. The molecule has 43 heavy (non-hydrogen) atoms. The predicted octanol–water partition coefficient (Wildman–Crippen LogP) is 6.91. The second-order valence-corrected chi connectivity index (χ2v) is 13.3. The van der Waals surface area contributed by atoms with Crippen molar-refractivity contribution >= 4 is 38.2 Å². The number of rotatable bonds is 12. The second kappa shape index (κ2) is 13.1. The topological polar surface area (TPSA) is 97.6 Å². The molecule has 0 aliphatic heterocycles. The lowest BCUT2D eigenvalue weighted by atomic mass is 10.1. The van der Waals surface area contributed by atoms with E-state index in [9.17, 15) is 12.8 Å². The molecule has 0 aliphatic carbocycles. The summed E-state index contributed by atoms with van der Waals surface area (Å²) >= 11 is 6.48. The number of hydrogen-bond acceptors (Lipinski definition) is 8. The van der Waals surface area contributed by atoms with Gasteiger partial charge in [0, 0.05) is 23.8 Å². The number of hydrogen-bond donors (Lipinski definition) is 1. The molecule has 8 nitrogen and oxygen atoms in total. The van der Waals surface area contributed by atoms with Crippen LogP contribution in [0.3, 0.4) is 0 Å². The van der Waals surface area contributed by atoms with Crippen LogP contribution in [0.2, 0.25) is 5.02 Å². The summed E-state index contributed by atoms with van der Waals surface area (Å²) in [5.74, 6) is 2.29. The van der Waals surface area contributed by atoms with E-state index in [1.807, 2.05) is 61.5 Å². The highest BCUT2D eigenvalue weighted by atomic mass is 35.5. The summed E-state index contributed by atoms with van der Waals surface area (Å²) in [7, 11) is 0.714. The summed E-state index contributed by atoms with van der Waals surface area (Å²) < 4.78 is 48.9. The lowest BCUT2D eigenvalue weighted by Crippen LogP contribution is -2.22. The van der Waals surface area contributed by atoms with Crippen molar-refractivity contribution in [2.24, 2.45) is 0 Å². The Hall–Kier alpha value is -3.99. The first-order valence-electron chi connectivity index (χ1n) is 13.6. The fourth-order valence-electron chi connectivity index (χ4n) is 4.76. The summed E-state index contributed by atoms with van der Waals surface area (Å²) in [6.07, 6.45) is 3.18. The summed E-state index contributed by atoms with van der Waals surface area (Å²) in [6, 6.07) is 21.2. The molecule has 5 rings (SSSR count). The van der Waals surface area contributed by atoms with E-state index in [0.29, 0.717) is 46.6 Å². The third-order valence-electron chi connectivity index (χ3n) is 7.00. The number of fused-ring (bicyclic) bond motifs is 1. The van der Waals surface area contributed by atoms with Gasteiger partial charge in [-0.2, -0.15) is 0 Å². The minimum absolute atomic E-state index is 0.0735. The molecule has 0 fully saturated rings. The molecule has 3 aromatic carbocycles. The number of furan rings is 1. The molecule has 0 bridgehead atoms. The van der Waals surface area contributed by atoms with Crippen molar-refractivity contribution in [3.05, 3.63) is 107 Å². The molecule has 0 saturated carbocycles. The first-order chi connectivity index (χ1) is 20.6. The molecule has 2 aromatic heterocycles. The highest BCUT2D eigenvalue weighted by Crippen LogP contribution is 2.32. The highest BCUT2D eigenvalue weighted by molar-refractivity contribution is 7.90. The second-order valence-electron chi connectivity index (χ2n) is 10.6. The Morgan fingerprint density at radius 2 is 1.86 bits per heavy atom. The van der Waals surface area contributed by atoms with Gasteiger partial charge >= 0.3 is 0 Å². The quantitative estimate of drug-likeness (QED) is 0.160. The fourth-order valence-corrected chi connectivity index (χ4v) is 5.67. The van der Waals surface area contributed by atoms with Crippen molar-refractivity contribution in [2.45, 2.75) is 25.6 Å². The van der Waals surface area contributed by atoms with Gasteiger partial charge in [0.05, 0.1) is 22.3 Å². The number of nitrogens with zero attached hydrogens (tertiary/aromatic N) is 3. The van der Waals surface area contributed by atoms with Gasteiger partial charge in [0.2, 0.25) is 0 Å². The molecule has 11 heteroatoms. The Labute approximate surface area is 255 Å². The van der Waals surface area contributed by atoms with E-state index >= 15 is 0 Å². The Bertz CT molecular complexity index is 1840. The van der Waals surface area contributed by atoms with Crippen molar-refractivity contribution in [1.82, 2.24) is 14.9 Å². The van der Waals surface area contributed by atoms with E-state index in [0.717, 1.165) is 22.0 Å². The number of aromatic nitrogens is 2. The van der Waals surface area contributed by atoms with Crippen molar-refractivity contribution in [1.29, 1.82) is 0 Å². The Morgan fingerprint density at radius 1 is 1.02 bits per heavy atom. The molecule has 0 saturated heterocycles. The third-order valence-corrected chi connectivity index (χ3v) is 8.27. The summed E-state index contributed by atoms with van der Waals surface area (Å²) in [5, 5.41) is 4.65. The Kier molecular flexibility index (Phi) is 9.29. The molecular formula is C32H32ClFN4O4S. The van der Waals surface area contributed by atoms with Crippen LogP contribution in [0.5, 0.6) is 5.75 Å². The Morgan fingerprint density at radius 3 is 2.60 bits per heavy atom. The maximum atomic E-state index is 13.5. The zero-order valence-electron chi connectivity index (χ0n) is 24.1. The SMILES string of the molecule is CN(C)C(CCS(C)(=O)=O)c1ccc(-c2ccc3ncnc(NCc4ccc(OCc5cccc(F)c5)c(Cl)c4)c3c2)o1. The number of benzene rings is 3. The number of sulfone groups is 1. The van der Waals surface area contributed by atoms with Crippen LogP contribution in [0.1, 0.15) is 29.3 Å². The minimum Gasteiger partial charge on any atom is -0.487 e. The summed E-state index contributed by atoms with van der Waals surface area (Å²) in [6.45, 7) is 0.661. The molecule has 1 N–H and O–H groups in total. The average molecular weight is 623 g/mol. The molecule has 1 atom stereocenters. The fraction of sp³-hybridized carbons (Fsp3) is 0.250. The molecule has 5 aromatic rings. The first kappa shape index (κ1) is 30.5. The van der Waals surface area contributed by atoms with E-state index in [-0.39, 0.29) is 24.2 Å². The molecule has 2 heterocycles. The van der Waals surface area contributed by atoms with Gasteiger partial charge in [-0.05, 0) is 86.2 Å². The number of ether oxygens (including phenoxy) is 1. The lowest BCUT2D eigenvalue weighted by molar-refractivity contribution is 0.254. The van der Waals surface area contributed by atoms with Crippen molar-refractivity contribution in [2.75, 3.05) is 31.4 Å². The minimum atomic E-state index is -3.09. The van der Waals surface area contributed by atoms with Crippen LogP contribution in [0, 0.1) is 5.82 Å². The van der Waals surface area contributed by atoms with Gasteiger partial charge in [-0.25, -0.2) is 22.8 Å². The molecule has 0 aliphatic rings. The monoisotopic (exact) mass is 622 g/mol. The zero-order chi connectivity index (χ0) is 30.6. The van der Waals surface area contributed by atoms with Crippen LogP contribution in [0.15, 0.2) is 83.5 Å². The van der Waals surface area contributed by atoms with Crippen LogP contribution >= 0.6 is 11.6 Å². The van der Waals surface area contributed by atoms with Crippen LogP contribution in [-0.2, 0) is 23.0 Å². The van der Waals surface area contributed by atoms with E-state index in [4.69, 9.17) is 20.8 Å². The van der Waals surface area contributed by atoms with E-state index in [1.165, 1.54) is 24.7 Å². The maximum Gasteiger partial charge on any atom is 0.147 e. The summed E-state index contributed by atoms with van der Waals surface area (Å²) in [4.78, 5) is 10.8. The largest absolute Gasteiger partial charge is 0.487 e. The predicted molar refractivity (Wildman–Crippen MR) is 168 cm³/mol. The van der Waals surface area contributed by atoms with Crippen LogP contribution in [0.4, 0.5) is 10.2 Å². The molecule has 0 radical (unpaired) electrons. The number of anilines is 1. The van der Waals surface area contributed by atoms with E-state index < -0.39 is 9.84 Å². The Balaban J connectivity index is 1.30. The first-order valence-corrected chi connectivity index (χ1v) is 16.1. The van der Waals surface area contributed by atoms with Crippen LogP contribution < -0.4 is 10.1 Å². The van der Waals surface area contributed by atoms with Crippen LogP contribution in [-0.4, -0.2) is 49.4 Å². The number of nitrogens with one attached hydrogen (secondary N) is 1.